The number of hydrogen-bond acceptors (Lipinski definition) is 4. The molecule has 0 saturated carbocycles. The maximum Gasteiger partial charge on any atom is 0.264 e. The van der Waals surface area contributed by atoms with Gasteiger partial charge in [0.2, 0.25) is 0 Å². The van der Waals surface area contributed by atoms with E-state index in [0.717, 1.165) is 10.7 Å². The molecule has 0 aliphatic heterocycles. The van der Waals surface area contributed by atoms with E-state index in [0.29, 0.717) is 15.8 Å². The minimum Gasteiger partial charge on any atom is -0.309 e. The number of rotatable bonds is 2. The molecule has 2 rings (SSSR count). The second kappa shape index (κ2) is 4.40. The first-order valence-electron chi connectivity index (χ1n) is 4.30. The van der Waals surface area contributed by atoms with Crippen LogP contribution in [0.4, 0.5) is 0 Å². The van der Waals surface area contributed by atoms with Crippen molar-refractivity contribution in [2.45, 2.75) is 13.3 Å². The predicted octanol–water partition coefficient (Wildman–Crippen LogP) is 1.73. The molecule has 6 heteroatoms. The maximum atomic E-state index is 11.3. The molecule has 4 nitrogen and oxygen atoms in total. The summed E-state index contributed by atoms with van der Waals surface area (Å²) in [7, 11) is 0. The van der Waals surface area contributed by atoms with Gasteiger partial charge in [0, 0.05) is 18.0 Å². The molecule has 0 fully saturated rings. The first kappa shape index (κ1) is 10.7. The van der Waals surface area contributed by atoms with Crippen molar-refractivity contribution in [1.29, 1.82) is 0 Å². The van der Waals surface area contributed by atoms with Gasteiger partial charge in [0.1, 0.15) is 5.82 Å². The third-order valence-corrected chi connectivity index (χ3v) is 3.41. The van der Waals surface area contributed by atoms with Crippen LogP contribution in [0.15, 0.2) is 16.4 Å². The van der Waals surface area contributed by atoms with E-state index in [4.69, 9.17) is 0 Å². The molecule has 0 saturated heterocycles. The zero-order valence-electron chi connectivity index (χ0n) is 7.95. The molecule has 0 spiro atoms. The van der Waals surface area contributed by atoms with Crippen LogP contribution in [-0.2, 0) is 6.42 Å². The van der Waals surface area contributed by atoms with Crippen LogP contribution in [0.5, 0.6) is 0 Å². The molecule has 2 aromatic rings. The highest BCUT2D eigenvalue weighted by molar-refractivity contribution is 14.1. The van der Waals surface area contributed by atoms with Crippen molar-refractivity contribution in [3.8, 4) is 0 Å². The van der Waals surface area contributed by atoms with Gasteiger partial charge >= 0.3 is 0 Å². The molecule has 15 heavy (non-hydrogen) atoms. The van der Waals surface area contributed by atoms with Crippen LogP contribution >= 0.6 is 33.9 Å². The van der Waals surface area contributed by atoms with E-state index in [1.54, 1.807) is 17.5 Å². The van der Waals surface area contributed by atoms with Crippen LogP contribution in [-0.4, -0.2) is 15.0 Å². The summed E-state index contributed by atoms with van der Waals surface area (Å²) >= 11 is 3.55. The van der Waals surface area contributed by atoms with Crippen molar-refractivity contribution in [3.63, 3.8) is 0 Å². The number of aryl methyl sites for hydroxylation is 1. The average molecular weight is 333 g/mol. The lowest BCUT2D eigenvalue weighted by molar-refractivity contribution is 0.915. The second-order valence-electron chi connectivity index (χ2n) is 3.04. The summed E-state index contributed by atoms with van der Waals surface area (Å²) in [6.45, 7) is 1.96. The van der Waals surface area contributed by atoms with Gasteiger partial charge in [-0.3, -0.25) is 4.79 Å². The van der Waals surface area contributed by atoms with E-state index in [2.05, 4.69) is 15.0 Å². The summed E-state index contributed by atoms with van der Waals surface area (Å²) < 4.78 is 0.603. The molecule has 0 aliphatic carbocycles. The number of hydrogen-bond donors (Lipinski definition) is 1. The highest BCUT2D eigenvalue weighted by atomic mass is 127. The molecule has 0 atom stereocenters. The van der Waals surface area contributed by atoms with E-state index >= 15 is 0 Å². The van der Waals surface area contributed by atoms with Gasteiger partial charge in [-0.05, 0) is 29.5 Å². The Balaban J connectivity index is 2.25. The fourth-order valence-electron chi connectivity index (χ4n) is 1.17. The van der Waals surface area contributed by atoms with Crippen molar-refractivity contribution in [3.05, 3.63) is 42.0 Å². The van der Waals surface area contributed by atoms with E-state index in [1.165, 1.54) is 0 Å². The molecule has 1 N–H and O–H groups in total. The summed E-state index contributed by atoms with van der Waals surface area (Å²) in [5, 5.41) is 3.01. The lowest BCUT2D eigenvalue weighted by Crippen LogP contribution is -2.13. The third kappa shape index (κ3) is 2.63. The molecule has 78 valence electrons. The Morgan fingerprint density at radius 2 is 2.40 bits per heavy atom. The highest BCUT2D eigenvalue weighted by Crippen LogP contribution is 2.10. The number of thiazole rings is 1. The summed E-state index contributed by atoms with van der Waals surface area (Å²) in [6.07, 6.45) is 2.16. The number of nitrogens with zero attached hydrogens (tertiary/aromatic N) is 2. The van der Waals surface area contributed by atoms with Gasteiger partial charge in [-0.15, -0.1) is 11.3 Å². The fourth-order valence-corrected chi connectivity index (χ4v) is 2.05. The highest BCUT2D eigenvalue weighted by Gasteiger charge is 2.03. The van der Waals surface area contributed by atoms with Gasteiger partial charge in [-0.25, -0.2) is 9.97 Å². The molecule has 2 heterocycles. The Morgan fingerprint density at radius 3 is 3.00 bits per heavy atom. The van der Waals surface area contributed by atoms with Gasteiger partial charge in [0.25, 0.3) is 5.56 Å². The normalized spacial score (nSPS) is 10.5. The molecule has 0 aromatic carbocycles. The quantitative estimate of drug-likeness (QED) is 0.852. The van der Waals surface area contributed by atoms with Gasteiger partial charge in [-0.1, -0.05) is 0 Å². The molecular formula is C9H8IN3OS. The standard InChI is InChI=1S/C9H8IN3OS/c1-5-12-6(4-15-5)2-8-11-3-7(10)9(14)13-8/h3-4H,2H2,1H3,(H,11,13,14). The Hall–Kier alpha value is -0.760. The zero-order valence-corrected chi connectivity index (χ0v) is 10.9. The molecule has 0 unspecified atom stereocenters. The van der Waals surface area contributed by atoms with Crippen molar-refractivity contribution in [1.82, 2.24) is 15.0 Å². The van der Waals surface area contributed by atoms with E-state index in [1.807, 2.05) is 34.9 Å². The van der Waals surface area contributed by atoms with Crippen LogP contribution in [0.2, 0.25) is 0 Å². The number of aromatic amines is 1. The first-order chi connectivity index (χ1) is 7.15. The van der Waals surface area contributed by atoms with Crippen molar-refractivity contribution in [2.75, 3.05) is 0 Å². The predicted molar refractivity (Wildman–Crippen MR) is 67.2 cm³/mol. The third-order valence-electron chi connectivity index (χ3n) is 1.82. The van der Waals surface area contributed by atoms with Crippen molar-refractivity contribution < 1.29 is 0 Å². The molecule has 0 bridgehead atoms. The van der Waals surface area contributed by atoms with Crippen LogP contribution in [0.25, 0.3) is 0 Å². The molecule has 0 amide bonds. The summed E-state index contributed by atoms with van der Waals surface area (Å²) in [5.74, 6) is 0.658. The van der Waals surface area contributed by atoms with E-state index < -0.39 is 0 Å². The molecule has 0 radical (unpaired) electrons. The zero-order chi connectivity index (χ0) is 10.8. The Kier molecular flexibility index (Phi) is 3.15. The van der Waals surface area contributed by atoms with Crippen molar-refractivity contribution in [2.24, 2.45) is 0 Å². The summed E-state index contributed by atoms with van der Waals surface area (Å²) in [6, 6.07) is 0. The monoisotopic (exact) mass is 333 g/mol. The second-order valence-corrected chi connectivity index (χ2v) is 5.27. The number of aromatic nitrogens is 3. The topological polar surface area (TPSA) is 58.6 Å². The van der Waals surface area contributed by atoms with Gasteiger partial charge < -0.3 is 4.98 Å². The van der Waals surface area contributed by atoms with Gasteiger partial charge in [0.05, 0.1) is 14.3 Å². The van der Waals surface area contributed by atoms with Crippen LogP contribution in [0, 0.1) is 10.5 Å². The first-order valence-corrected chi connectivity index (χ1v) is 6.25. The minimum absolute atomic E-state index is 0.0902. The van der Waals surface area contributed by atoms with Gasteiger partial charge in [0.15, 0.2) is 0 Å². The lowest BCUT2D eigenvalue weighted by Gasteiger charge is -1.97. The SMILES string of the molecule is Cc1nc(Cc2ncc(I)c(=O)[nH]2)cs1. The summed E-state index contributed by atoms with van der Waals surface area (Å²) in [4.78, 5) is 22.5. The average Bonchev–Trinajstić information content (AvgIpc) is 2.58. The Bertz CT molecular complexity index is 534. The number of nitrogens with one attached hydrogen (secondary N) is 1. The summed E-state index contributed by atoms with van der Waals surface area (Å²) in [5.41, 5.74) is 0.856. The smallest absolute Gasteiger partial charge is 0.264 e. The number of halogens is 1. The van der Waals surface area contributed by atoms with Crippen LogP contribution < -0.4 is 5.56 Å². The molecule has 2 aromatic heterocycles. The maximum absolute atomic E-state index is 11.3. The largest absolute Gasteiger partial charge is 0.309 e. The lowest BCUT2D eigenvalue weighted by atomic mass is 10.3. The van der Waals surface area contributed by atoms with E-state index in [-0.39, 0.29) is 5.56 Å². The Labute approximate surface area is 104 Å². The minimum atomic E-state index is -0.0902. The van der Waals surface area contributed by atoms with Gasteiger partial charge in [-0.2, -0.15) is 0 Å². The molecule has 0 aliphatic rings. The van der Waals surface area contributed by atoms with Crippen LogP contribution in [0.3, 0.4) is 0 Å². The molecular weight excluding hydrogens is 325 g/mol. The number of H-pyrrole nitrogens is 1. The fraction of sp³-hybridized carbons (Fsp3) is 0.222. The Morgan fingerprint density at radius 1 is 1.60 bits per heavy atom. The van der Waals surface area contributed by atoms with Crippen molar-refractivity contribution >= 4 is 33.9 Å². The van der Waals surface area contributed by atoms with Crippen LogP contribution in [0.1, 0.15) is 16.5 Å². The van der Waals surface area contributed by atoms with E-state index in [9.17, 15) is 4.79 Å².